The van der Waals surface area contributed by atoms with Crippen molar-refractivity contribution < 1.29 is 4.39 Å². The summed E-state index contributed by atoms with van der Waals surface area (Å²) >= 11 is 0. The van der Waals surface area contributed by atoms with Crippen LogP contribution in [0.3, 0.4) is 0 Å². The van der Waals surface area contributed by atoms with Gasteiger partial charge in [0, 0.05) is 23.6 Å². The van der Waals surface area contributed by atoms with Gasteiger partial charge >= 0.3 is 5.69 Å². The van der Waals surface area contributed by atoms with Crippen LogP contribution in [0.1, 0.15) is 0 Å². The van der Waals surface area contributed by atoms with E-state index in [0.29, 0.717) is 16.9 Å². The summed E-state index contributed by atoms with van der Waals surface area (Å²) in [5.74, 6) is 0.0171. The number of nitrogens with zero attached hydrogens (tertiary/aromatic N) is 3. The number of fused-ring (bicyclic) bond motifs is 1. The second kappa shape index (κ2) is 6.12. The van der Waals surface area contributed by atoms with Crippen molar-refractivity contribution in [2.75, 3.05) is 5.32 Å². The Bertz CT molecular complexity index is 1090. The van der Waals surface area contributed by atoms with E-state index in [1.807, 2.05) is 30.3 Å². The molecule has 0 atom stereocenters. The maximum absolute atomic E-state index is 12.9. The third-order valence-corrected chi connectivity index (χ3v) is 3.71. The lowest BCUT2D eigenvalue weighted by atomic mass is 10.1. The number of nitrogens with one attached hydrogen (secondary N) is 2. The number of H-pyrrole nitrogens is 1. The Labute approximate surface area is 141 Å². The van der Waals surface area contributed by atoms with Gasteiger partial charge in [-0.2, -0.15) is 9.37 Å². The molecule has 0 amide bonds. The van der Waals surface area contributed by atoms with E-state index in [4.69, 9.17) is 0 Å². The number of aromatic nitrogens is 4. The summed E-state index contributed by atoms with van der Waals surface area (Å²) in [7, 11) is 0. The molecule has 122 valence electrons. The van der Waals surface area contributed by atoms with Gasteiger partial charge in [-0.25, -0.2) is 14.8 Å². The first-order chi connectivity index (χ1) is 12.2. The van der Waals surface area contributed by atoms with Crippen molar-refractivity contribution in [3.8, 4) is 11.1 Å². The van der Waals surface area contributed by atoms with Gasteiger partial charge in [-0.05, 0) is 42.0 Å². The minimum atomic E-state index is -0.510. The first kappa shape index (κ1) is 14.9. The van der Waals surface area contributed by atoms with Gasteiger partial charge in [-0.1, -0.05) is 12.1 Å². The second-order valence-corrected chi connectivity index (χ2v) is 5.36. The molecule has 2 N–H and O–H groups in total. The Morgan fingerprint density at radius 1 is 0.960 bits per heavy atom. The van der Waals surface area contributed by atoms with Crippen molar-refractivity contribution in [3.05, 3.63) is 77.4 Å². The van der Waals surface area contributed by atoms with E-state index in [2.05, 4.69) is 25.3 Å². The number of hydrogen-bond donors (Lipinski definition) is 2. The van der Waals surface area contributed by atoms with Crippen LogP contribution in [0.2, 0.25) is 0 Å². The fraction of sp³-hybridized carbons (Fsp3) is 0. The molecule has 7 heteroatoms. The summed E-state index contributed by atoms with van der Waals surface area (Å²) < 4.78 is 12.9. The highest BCUT2D eigenvalue weighted by molar-refractivity contribution is 5.88. The van der Waals surface area contributed by atoms with E-state index >= 15 is 0 Å². The molecule has 6 nitrogen and oxygen atoms in total. The van der Waals surface area contributed by atoms with Crippen molar-refractivity contribution in [2.45, 2.75) is 0 Å². The zero-order chi connectivity index (χ0) is 17.2. The van der Waals surface area contributed by atoms with Crippen LogP contribution in [-0.2, 0) is 0 Å². The molecule has 0 saturated heterocycles. The largest absolute Gasteiger partial charge is 0.348 e. The molecule has 0 aliphatic carbocycles. The van der Waals surface area contributed by atoms with Crippen LogP contribution in [0.15, 0.2) is 65.7 Å². The predicted octanol–water partition coefficient (Wildman–Crippen LogP) is 3.26. The summed E-state index contributed by atoms with van der Waals surface area (Å²) in [5.41, 5.74) is 2.42. The van der Waals surface area contributed by atoms with Gasteiger partial charge < -0.3 is 5.32 Å². The molecule has 0 fully saturated rings. The van der Waals surface area contributed by atoms with Gasteiger partial charge in [0.1, 0.15) is 5.82 Å². The molecule has 4 rings (SSSR count). The molecular weight excluding hydrogens is 321 g/mol. The number of anilines is 2. The number of aromatic amines is 1. The van der Waals surface area contributed by atoms with E-state index in [-0.39, 0.29) is 0 Å². The number of rotatable bonds is 3. The van der Waals surface area contributed by atoms with Crippen LogP contribution < -0.4 is 11.0 Å². The molecular formula is C18H12FN5O. The van der Waals surface area contributed by atoms with Gasteiger partial charge in [0.25, 0.3) is 0 Å². The first-order valence-electron chi connectivity index (χ1n) is 7.53. The number of halogens is 1. The van der Waals surface area contributed by atoms with E-state index in [9.17, 15) is 9.18 Å². The number of hydrogen-bond acceptors (Lipinski definition) is 5. The molecule has 0 bridgehead atoms. The Kier molecular flexibility index (Phi) is 3.66. The van der Waals surface area contributed by atoms with Crippen LogP contribution >= 0.6 is 0 Å². The van der Waals surface area contributed by atoms with Crippen molar-refractivity contribution in [1.29, 1.82) is 0 Å². The lowest BCUT2D eigenvalue weighted by Crippen LogP contribution is -2.13. The standard InChI is InChI=1S/C18H12FN5O/c19-15-8-5-12(10-21-15)11-3-6-13(7-4-11)22-17-14-2-1-9-20-16(14)23-18(25)24-17/h1-10H,(H2,20,22,23,24,25). The number of pyridine rings is 2. The molecule has 4 aromatic rings. The van der Waals surface area contributed by atoms with Crippen LogP contribution in [0.25, 0.3) is 22.2 Å². The van der Waals surface area contributed by atoms with Gasteiger partial charge in [0.15, 0.2) is 5.65 Å². The maximum Gasteiger partial charge on any atom is 0.348 e. The molecule has 25 heavy (non-hydrogen) atoms. The molecule has 0 saturated carbocycles. The topological polar surface area (TPSA) is 83.6 Å². The molecule has 0 aliphatic heterocycles. The van der Waals surface area contributed by atoms with E-state index < -0.39 is 11.6 Å². The van der Waals surface area contributed by atoms with Crippen molar-refractivity contribution >= 4 is 22.5 Å². The molecule has 0 aliphatic rings. The summed E-state index contributed by atoms with van der Waals surface area (Å²) in [6.07, 6.45) is 3.07. The fourth-order valence-electron chi connectivity index (χ4n) is 2.52. The quantitative estimate of drug-likeness (QED) is 0.562. The molecule has 0 radical (unpaired) electrons. The molecule has 0 unspecified atom stereocenters. The first-order valence-corrected chi connectivity index (χ1v) is 7.53. The van der Waals surface area contributed by atoms with Crippen LogP contribution in [0.4, 0.5) is 15.9 Å². The zero-order valence-electron chi connectivity index (χ0n) is 12.9. The average Bonchev–Trinajstić information content (AvgIpc) is 2.63. The van der Waals surface area contributed by atoms with Gasteiger partial charge in [0.2, 0.25) is 5.95 Å². The molecule has 1 aromatic carbocycles. The summed E-state index contributed by atoms with van der Waals surface area (Å²) in [6, 6.07) is 14.1. The Morgan fingerprint density at radius 3 is 2.52 bits per heavy atom. The van der Waals surface area contributed by atoms with Crippen molar-refractivity contribution in [1.82, 2.24) is 19.9 Å². The zero-order valence-corrected chi connectivity index (χ0v) is 12.9. The molecule has 3 aromatic heterocycles. The van der Waals surface area contributed by atoms with Crippen molar-refractivity contribution in [3.63, 3.8) is 0 Å². The maximum atomic E-state index is 12.9. The smallest absolute Gasteiger partial charge is 0.341 e. The minimum Gasteiger partial charge on any atom is -0.341 e. The van der Waals surface area contributed by atoms with E-state index in [0.717, 1.165) is 16.8 Å². The third-order valence-electron chi connectivity index (χ3n) is 3.71. The van der Waals surface area contributed by atoms with Crippen molar-refractivity contribution in [2.24, 2.45) is 0 Å². The second-order valence-electron chi connectivity index (χ2n) is 5.36. The summed E-state index contributed by atoms with van der Waals surface area (Å²) in [4.78, 5) is 25.9. The van der Waals surface area contributed by atoms with E-state index in [1.54, 1.807) is 18.3 Å². The minimum absolute atomic E-state index is 0.378. The van der Waals surface area contributed by atoms with Gasteiger partial charge in [-0.3, -0.25) is 4.98 Å². The fourth-order valence-corrected chi connectivity index (χ4v) is 2.52. The molecule has 0 spiro atoms. The lowest BCUT2D eigenvalue weighted by molar-refractivity contribution is 0.584. The average molecular weight is 333 g/mol. The summed E-state index contributed by atoms with van der Waals surface area (Å²) in [6.45, 7) is 0. The number of benzene rings is 1. The Morgan fingerprint density at radius 2 is 1.76 bits per heavy atom. The lowest BCUT2D eigenvalue weighted by Gasteiger charge is -2.09. The monoisotopic (exact) mass is 333 g/mol. The highest BCUT2D eigenvalue weighted by Gasteiger charge is 2.06. The van der Waals surface area contributed by atoms with Crippen LogP contribution in [-0.4, -0.2) is 19.9 Å². The highest BCUT2D eigenvalue weighted by atomic mass is 19.1. The van der Waals surface area contributed by atoms with Gasteiger partial charge in [0.05, 0.1) is 5.39 Å². The van der Waals surface area contributed by atoms with E-state index in [1.165, 1.54) is 12.3 Å². The van der Waals surface area contributed by atoms with Crippen LogP contribution in [0, 0.1) is 5.95 Å². The Balaban J connectivity index is 1.66. The summed E-state index contributed by atoms with van der Waals surface area (Å²) in [5, 5.41) is 3.88. The predicted molar refractivity (Wildman–Crippen MR) is 93.1 cm³/mol. The van der Waals surface area contributed by atoms with Gasteiger partial charge in [-0.15, -0.1) is 0 Å². The third kappa shape index (κ3) is 3.07. The highest BCUT2D eigenvalue weighted by Crippen LogP contribution is 2.24. The molecule has 3 heterocycles. The SMILES string of the molecule is O=c1nc2ncccc2c(Nc2ccc(-c3ccc(F)nc3)cc2)[nH]1. The normalized spacial score (nSPS) is 10.8. The Hall–Kier alpha value is -3.61. The van der Waals surface area contributed by atoms with Crippen LogP contribution in [0.5, 0.6) is 0 Å².